The summed E-state index contributed by atoms with van der Waals surface area (Å²) in [5.41, 5.74) is 9.97. The van der Waals surface area contributed by atoms with Crippen molar-refractivity contribution in [3.05, 3.63) is 135 Å². The number of fused-ring (bicyclic) bond motifs is 3. The Morgan fingerprint density at radius 1 is 0.944 bits per heavy atom. The fraction of sp³-hybridized carbons (Fsp3) is 0.415. The van der Waals surface area contributed by atoms with Gasteiger partial charge < -0.3 is 29.8 Å². The highest BCUT2D eigenvalue weighted by atomic mass is 19.3. The Balaban J connectivity index is 0.658. The Hall–Kier alpha value is -6.94. The standard InChI is InChI=1S/C53H56F3N11O4/c1-63-38(26-42-40(13-17-57-50(42)63)35-7-10-45-47(23-35)60-48(59-45)30-71-2)28-64-18-14-33(15-19-64)32-3-5-34(6-4-32)52(70)66-21-22-67-39(29-66)24-37(62-67)27-65-20-16-43(53(55,56)31-65)41-9-8-36(25-44(41)54)58-46-11-12-49(68)61-51(46)69/h3-7,10,13,23-26,33,43,46,57-58H,11-12,14-22,27-31H2,1-2H3,(H,59,60)(H,61,68,69). The maximum absolute atomic E-state index is 15.7. The van der Waals surface area contributed by atoms with E-state index >= 15 is 13.2 Å². The normalized spacial score (nSPS) is 20.7. The Kier molecular flexibility index (Phi) is 12.4. The number of aromatic amines is 1. The molecule has 2 atom stereocenters. The van der Waals surface area contributed by atoms with E-state index < -0.39 is 36.2 Å². The molecule has 0 spiro atoms. The van der Waals surface area contributed by atoms with Crippen LogP contribution in [0, 0.1) is 17.9 Å². The number of nitrogens with one attached hydrogen (secondary N) is 4. The van der Waals surface area contributed by atoms with E-state index in [2.05, 4.69) is 97.0 Å². The number of anilines is 2. The number of hydrogen-bond donors (Lipinski definition) is 4. The average Bonchev–Trinajstić information content (AvgIpc) is 4.06. The largest absolute Gasteiger partial charge is 0.377 e. The lowest BCUT2D eigenvalue weighted by Crippen LogP contribution is -2.47. The predicted octanol–water partition coefficient (Wildman–Crippen LogP) is 6.72. The third-order valence-electron chi connectivity index (χ3n) is 14.9. The number of imide groups is 1. The monoisotopic (exact) mass is 967 g/mol. The maximum Gasteiger partial charge on any atom is 0.268 e. The van der Waals surface area contributed by atoms with E-state index in [1.165, 1.54) is 22.4 Å². The molecular formula is C53H56F3N11O4. The minimum absolute atomic E-state index is 0.000947. The smallest absolute Gasteiger partial charge is 0.268 e. The number of alkyl halides is 2. The number of piperidine rings is 3. The highest BCUT2D eigenvalue weighted by Gasteiger charge is 2.47. The molecule has 8 heterocycles. The summed E-state index contributed by atoms with van der Waals surface area (Å²) in [6, 6.07) is 24.3. The van der Waals surface area contributed by atoms with Crippen LogP contribution in [0.15, 0.2) is 66.7 Å². The van der Waals surface area contributed by atoms with E-state index in [0.717, 1.165) is 79.0 Å². The second-order valence-corrected chi connectivity index (χ2v) is 19.6. The van der Waals surface area contributed by atoms with Crippen LogP contribution < -0.4 is 16.0 Å². The van der Waals surface area contributed by atoms with Crippen LogP contribution in [-0.2, 0) is 54.2 Å². The van der Waals surface area contributed by atoms with Crippen LogP contribution in [0.1, 0.15) is 99.5 Å². The number of carbonyl (C=O) groups is 3. The van der Waals surface area contributed by atoms with Crippen LogP contribution in [0.3, 0.4) is 0 Å². The van der Waals surface area contributed by atoms with Crippen molar-refractivity contribution in [3.8, 4) is 0 Å². The van der Waals surface area contributed by atoms with Crippen molar-refractivity contribution in [2.75, 3.05) is 57.0 Å². The molecule has 71 heavy (non-hydrogen) atoms. The van der Waals surface area contributed by atoms with Crippen molar-refractivity contribution >= 4 is 45.8 Å². The fourth-order valence-electron chi connectivity index (χ4n) is 11.1. The zero-order valence-corrected chi connectivity index (χ0v) is 39.8. The van der Waals surface area contributed by atoms with Crippen LogP contribution >= 0.6 is 0 Å². The number of rotatable bonds is 12. The molecule has 0 saturated carbocycles. The first-order chi connectivity index (χ1) is 34.3. The molecule has 368 valence electrons. The Bertz CT molecular complexity index is 3040. The summed E-state index contributed by atoms with van der Waals surface area (Å²) in [5, 5.41) is 13.4. The van der Waals surface area contributed by atoms with Gasteiger partial charge in [0.2, 0.25) is 11.8 Å². The molecule has 0 aliphatic carbocycles. The summed E-state index contributed by atoms with van der Waals surface area (Å²) in [4.78, 5) is 51.4. The van der Waals surface area contributed by atoms with Gasteiger partial charge in [0.1, 0.15) is 30.1 Å². The minimum atomic E-state index is -3.25. The van der Waals surface area contributed by atoms with E-state index in [1.807, 2.05) is 27.8 Å². The van der Waals surface area contributed by atoms with Crippen molar-refractivity contribution in [2.24, 2.45) is 7.05 Å². The van der Waals surface area contributed by atoms with E-state index in [1.54, 1.807) is 12.0 Å². The molecule has 3 aromatic heterocycles. The highest BCUT2D eigenvalue weighted by molar-refractivity contribution is 6.01. The molecular weight excluding hydrogens is 912 g/mol. The molecule has 3 amide bonds. The van der Waals surface area contributed by atoms with Crippen LogP contribution in [0.4, 0.5) is 24.7 Å². The van der Waals surface area contributed by atoms with Gasteiger partial charge in [-0.1, -0.05) is 30.3 Å². The number of carbonyl (C=O) groups excluding carboxylic acids is 3. The number of methoxy groups -OCH3 is 1. The molecule has 18 heteroatoms. The maximum atomic E-state index is 15.7. The zero-order chi connectivity index (χ0) is 49.0. The van der Waals surface area contributed by atoms with Gasteiger partial charge in [-0.3, -0.25) is 34.2 Å². The number of aromatic nitrogens is 5. The SMILES string of the molecule is COCc1nc2ccc(C3=CCNc4c3cc(CN3CCC(c5ccc(C(=O)N6CCn7nc(CN8CCC(c9c#cc(NC%10CCC(=O)NC%10=O)cc9F)C(F)(F)C8)cc7C6)cc5)CC3)n4C)cc2[nH]1. The summed E-state index contributed by atoms with van der Waals surface area (Å²) < 4.78 is 56.1. The molecule has 4 N–H and O–H groups in total. The van der Waals surface area contributed by atoms with Crippen molar-refractivity contribution in [3.63, 3.8) is 0 Å². The Labute approximate surface area is 409 Å². The highest BCUT2D eigenvalue weighted by Crippen LogP contribution is 2.42. The van der Waals surface area contributed by atoms with Gasteiger partial charge in [0, 0.05) is 75.2 Å². The molecule has 3 saturated heterocycles. The summed E-state index contributed by atoms with van der Waals surface area (Å²) >= 11 is 0. The van der Waals surface area contributed by atoms with Gasteiger partial charge >= 0.3 is 0 Å². The third-order valence-corrected chi connectivity index (χ3v) is 14.9. The topological polar surface area (TPSA) is 158 Å². The number of hydrogen-bond acceptors (Lipinski definition) is 10. The molecule has 0 bridgehead atoms. The first kappa shape index (κ1) is 46.4. The van der Waals surface area contributed by atoms with Crippen molar-refractivity contribution in [1.82, 2.24) is 44.3 Å². The van der Waals surface area contributed by atoms with E-state index in [-0.39, 0.29) is 48.9 Å². The lowest BCUT2D eigenvalue weighted by molar-refractivity contribution is -0.133. The second kappa shape index (κ2) is 19.0. The van der Waals surface area contributed by atoms with E-state index in [9.17, 15) is 14.4 Å². The summed E-state index contributed by atoms with van der Waals surface area (Å²) in [7, 11) is 3.81. The summed E-state index contributed by atoms with van der Waals surface area (Å²) in [6.45, 7) is 5.24. The predicted molar refractivity (Wildman–Crippen MR) is 260 cm³/mol. The van der Waals surface area contributed by atoms with Gasteiger partial charge in [0.15, 0.2) is 0 Å². The zero-order valence-electron chi connectivity index (χ0n) is 39.8. The average molecular weight is 968 g/mol. The molecule has 11 rings (SSSR count). The molecule has 3 fully saturated rings. The number of benzene rings is 2. The molecule has 0 radical (unpaired) electrons. The second-order valence-electron chi connectivity index (χ2n) is 19.6. The number of imidazole rings is 1. The Morgan fingerprint density at radius 2 is 1.76 bits per heavy atom. The van der Waals surface area contributed by atoms with Gasteiger partial charge in [-0.2, -0.15) is 5.10 Å². The number of nitrogens with zero attached hydrogens (tertiary/aromatic N) is 7. The van der Waals surface area contributed by atoms with Crippen LogP contribution in [0.2, 0.25) is 0 Å². The molecule has 6 aromatic rings. The number of amides is 3. The van der Waals surface area contributed by atoms with Gasteiger partial charge in [0.05, 0.1) is 53.7 Å². The molecule has 15 nitrogen and oxygen atoms in total. The van der Waals surface area contributed by atoms with Crippen LogP contribution in [0.25, 0.3) is 16.6 Å². The number of likely N-dealkylation sites (tertiary alicyclic amines) is 2. The molecule has 5 aliphatic rings. The van der Waals surface area contributed by atoms with Gasteiger partial charge in [-0.05, 0) is 110 Å². The third kappa shape index (κ3) is 9.41. The molecule has 5 aliphatic heterocycles. The number of ether oxygens (including phenoxy) is 1. The first-order valence-electron chi connectivity index (χ1n) is 24.5. The molecule has 2 unspecified atom stereocenters. The van der Waals surface area contributed by atoms with Crippen LogP contribution in [-0.4, -0.2) is 115 Å². The van der Waals surface area contributed by atoms with Crippen molar-refractivity contribution in [2.45, 2.75) is 88.7 Å². The quantitative estimate of drug-likeness (QED) is 0.0972. The summed E-state index contributed by atoms with van der Waals surface area (Å²) in [6.07, 6.45) is 4.68. The van der Waals surface area contributed by atoms with E-state index in [0.29, 0.717) is 50.0 Å². The van der Waals surface area contributed by atoms with Gasteiger partial charge in [-0.15, -0.1) is 0 Å². The van der Waals surface area contributed by atoms with Crippen LogP contribution in [0.5, 0.6) is 0 Å². The van der Waals surface area contributed by atoms with Crippen molar-refractivity contribution < 1.29 is 32.3 Å². The molecule has 3 aromatic carbocycles. The first-order valence-corrected chi connectivity index (χ1v) is 24.5. The Morgan fingerprint density at radius 3 is 2.54 bits per heavy atom. The van der Waals surface area contributed by atoms with Gasteiger partial charge in [-0.25, -0.2) is 18.2 Å². The number of H-pyrrole nitrogens is 1. The van der Waals surface area contributed by atoms with Gasteiger partial charge in [0.25, 0.3) is 11.8 Å². The number of halogens is 3. The van der Waals surface area contributed by atoms with E-state index in [4.69, 9.17) is 9.84 Å². The lowest BCUT2D eigenvalue weighted by atomic mass is 9.86. The minimum Gasteiger partial charge on any atom is -0.377 e. The van der Waals surface area contributed by atoms with Crippen molar-refractivity contribution in [1.29, 1.82) is 0 Å². The summed E-state index contributed by atoms with van der Waals surface area (Å²) in [5.74, 6) is -4.12. The lowest BCUT2D eigenvalue weighted by Gasteiger charge is -2.37. The fourth-order valence-corrected chi connectivity index (χ4v) is 11.1.